The molecule has 2 rings (SSSR count). The topological polar surface area (TPSA) is 86.3 Å². The lowest BCUT2D eigenvalue weighted by atomic mass is 10.1. The minimum Gasteiger partial charge on any atom is -0.481 e. The van der Waals surface area contributed by atoms with Gasteiger partial charge in [0.15, 0.2) is 0 Å². The first kappa shape index (κ1) is 13.6. The maximum absolute atomic E-state index is 12.0. The largest absolute Gasteiger partial charge is 0.481 e. The number of aromatic nitrogens is 2. The lowest BCUT2D eigenvalue weighted by Gasteiger charge is -2.15. The number of aryl methyl sites for hydroxylation is 2. The summed E-state index contributed by atoms with van der Waals surface area (Å²) in [4.78, 5) is 24.5. The first-order chi connectivity index (χ1) is 8.99. The summed E-state index contributed by atoms with van der Waals surface area (Å²) in [5, 5.41) is 15.9. The molecule has 0 radical (unpaired) electrons. The monoisotopic (exact) mass is 265 g/mol. The number of H-pyrrole nitrogens is 1. The number of carboxylic acids is 1. The van der Waals surface area contributed by atoms with Crippen LogP contribution in [0.5, 0.6) is 0 Å². The van der Waals surface area contributed by atoms with Crippen molar-refractivity contribution in [1.82, 2.24) is 15.1 Å². The Morgan fingerprint density at radius 2 is 2.21 bits per heavy atom. The molecule has 0 bridgehead atoms. The average molecular weight is 265 g/mol. The molecule has 0 spiro atoms. The second kappa shape index (κ2) is 5.42. The van der Waals surface area contributed by atoms with E-state index in [1.807, 2.05) is 13.8 Å². The van der Waals surface area contributed by atoms with Crippen LogP contribution in [0.3, 0.4) is 0 Å². The van der Waals surface area contributed by atoms with Gasteiger partial charge in [0.1, 0.15) is 0 Å². The van der Waals surface area contributed by atoms with Crippen molar-refractivity contribution in [2.45, 2.75) is 33.1 Å². The highest BCUT2D eigenvalue weighted by molar-refractivity contribution is 5.79. The van der Waals surface area contributed by atoms with Gasteiger partial charge in [0.2, 0.25) is 5.91 Å². The second-order valence-corrected chi connectivity index (χ2v) is 5.08. The Morgan fingerprint density at radius 1 is 1.47 bits per heavy atom. The first-order valence-electron chi connectivity index (χ1n) is 6.50. The molecule has 1 amide bonds. The molecule has 1 saturated heterocycles. The van der Waals surface area contributed by atoms with Gasteiger partial charge in [-0.3, -0.25) is 14.7 Å². The van der Waals surface area contributed by atoms with Gasteiger partial charge < -0.3 is 10.0 Å². The Kier molecular flexibility index (Phi) is 3.87. The molecule has 1 aliphatic rings. The summed E-state index contributed by atoms with van der Waals surface area (Å²) < 4.78 is 0. The predicted molar refractivity (Wildman–Crippen MR) is 68.7 cm³/mol. The molecular formula is C13H19N3O3. The van der Waals surface area contributed by atoms with Crippen LogP contribution in [0.4, 0.5) is 0 Å². The van der Waals surface area contributed by atoms with Crippen LogP contribution < -0.4 is 0 Å². The van der Waals surface area contributed by atoms with Crippen molar-refractivity contribution in [2.24, 2.45) is 5.92 Å². The van der Waals surface area contributed by atoms with Gasteiger partial charge in [0, 0.05) is 25.2 Å². The molecule has 19 heavy (non-hydrogen) atoms. The predicted octanol–water partition coefficient (Wildman–Crippen LogP) is 0.892. The molecular weight excluding hydrogens is 246 g/mol. The fourth-order valence-corrected chi connectivity index (χ4v) is 2.52. The third-order valence-corrected chi connectivity index (χ3v) is 3.76. The van der Waals surface area contributed by atoms with E-state index in [1.165, 1.54) is 0 Å². The van der Waals surface area contributed by atoms with Crippen LogP contribution in [0.2, 0.25) is 0 Å². The van der Waals surface area contributed by atoms with Gasteiger partial charge in [-0.1, -0.05) is 0 Å². The van der Waals surface area contributed by atoms with E-state index in [0.717, 1.165) is 17.0 Å². The molecule has 1 atom stereocenters. The number of likely N-dealkylation sites (tertiary alicyclic amines) is 1. The molecule has 2 heterocycles. The minimum absolute atomic E-state index is 0.0313. The van der Waals surface area contributed by atoms with E-state index in [2.05, 4.69) is 10.2 Å². The first-order valence-corrected chi connectivity index (χ1v) is 6.50. The van der Waals surface area contributed by atoms with E-state index in [-0.39, 0.29) is 5.91 Å². The summed E-state index contributed by atoms with van der Waals surface area (Å²) in [6.07, 6.45) is 1.62. The van der Waals surface area contributed by atoms with Crippen molar-refractivity contribution >= 4 is 11.9 Å². The highest BCUT2D eigenvalue weighted by Gasteiger charge is 2.30. The number of aromatic amines is 1. The molecule has 6 nitrogen and oxygen atoms in total. The number of nitrogens with zero attached hydrogens (tertiary/aromatic N) is 2. The maximum Gasteiger partial charge on any atom is 0.308 e. The zero-order valence-electron chi connectivity index (χ0n) is 11.3. The molecule has 104 valence electrons. The summed E-state index contributed by atoms with van der Waals surface area (Å²) in [6.45, 7) is 4.76. The third-order valence-electron chi connectivity index (χ3n) is 3.76. The Balaban J connectivity index is 1.87. The zero-order chi connectivity index (χ0) is 14.0. The van der Waals surface area contributed by atoms with Crippen molar-refractivity contribution in [1.29, 1.82) is 0 Å². The fraction of sp³-hybridized carbons (Fsp3) is 0.615. The van der Waals surface area contributed by atoms with Crippen molar-refractivity contribution in [3.8, 4) is 0 Å². The zero-order valence-corrected chi connectivity index (χ0v) is 11.3. The number of aliphatic carboxylic acids is 1. The summed E-state index contributed by atoms with van der Waals surface area (Å²) in [7, 11) is 0. The van der Waals surface area contributed by atoms with Crippen LogP contribution in [0.1, 0.15) is 29.8 Å². The number of carboxylic acid groups (broad SMARTS) is 1. The molecule has 0 saturated carbocycles. The van der Waals surface area contributed by atoms with E-state index in [9.17, 15) is 9.59 Å². The summed E-state index contributed by atoms with van der Waals surface area (Å²) in [5.74, 6) is -1.18. The number of nitrogens with one attached hydrogen (secondary N) is 1. The lowest BCUT2D eigenvalue weighted by Crippen LogP contribution is -2.30. The summed E-state index contributed by atoms with van der Waals surface area (Å²) in [6, 6.07) is 0. The Hall–Kier alpha value is -1.85. The van der Waals surface area contributed by atoms with Crippen LogP contribution >= 0.6 is 0 Å². The minimum atomic E-state index is -0.808. The number of carbonyl (C=O) groups excluding carboxylic acids is 1. The van der Waals surface area contributed by atoms with Crippen molar-refractivity contribution in [3.63, 3.8) is 0 Å². The van der Waals surface area contributed by atoms with Crippen LogP contribution in [0.25, 0.3) is 0 Å². The van der Waals surface area contributed by atoms with E-state index >= 15 is 0 Å². The Labute approximate surface area is 111 Å². The molecule has 1 aromatic rings. The second-order valence-electron chi connectivity index (χ2n) is 5.08. The molecule has 1 unspecified atom stereocenters. The van der Waals surface area contributed by atoms with Crippen LogP contribution in [0.15, 0.2) is 0 Å². The van der Waals surface area contributed by atoms with Crippen molar-refractivity contribution in [2.75, 3.05) is 13.1 Å². The van der Waals surface area contributed by atoms with Gasteiger partial charge in [-0.05, 0) is 32.3 Å². The third kappa shape index (κ3) is 2.94. The number of rotatable bonds is 4. The van der Waals surface area contributed by atoms with Crippen molar-refractivity contribution < 1.29 is 14.7 Å². The van der Waals surface area contributed by atoms with Crippen LogP contribution in [-0.2, 0) is 16.0 Å². The highest BCUT2D eigenvalue weighted by atomic mass is 16.4. The smallest absolute Gasteiger partial charge is 0.308 e. The number of hydrogen-bond donors (Lipinski definition) is 2. The molecule has 1 aromatic heterocycles. The van der Waals surface area contributed by atoms with Gasteiger partial charge in [-0.25, -0.2) is 0 Å². The van der Waals surface area contributed by atoms with Gasteiger partial charge >= 0.3 is 5.97 Å². The Bertz CT molecular complexity index is 476. The number of carbonyl (C=O) groups is 2. The van der Waals surface area contributed by atoms with Crippen LogP contribution in [-0.4, -0.2) is 45.2 Å². The summed E-state index contributed by atoms with van der Waals surface area (Å²) in [5.41, 5.74) is 3.01. The van der Waals surface area contributed by atoms with E-state index in [0.29, 0.717) is 32.4 Å². The van der Waals surface area contributed by atoms with E-state index in [1.54, 1.807) is 4.90 Å². The quantitative estimate of drug-likeness (QED) is 0.846. The van der Waals surface area contributed by atoms with E-state index in [4.69, 9.17) is 5.11 Å². The standard InChI is InChI=1S/C13H19N3O3/c1-8-11(9(2)15-14-8)3-4-12(17)16-6-5-10(7-16)13(18)19/h10H,3-7H2,1-2H3,(H,14,15)(H,18,19). The lowest BCUT2D eigenvalue weighted by molar-refractivity contribution is -0.141. The maximum atomic E-state index is 12.0. The van der Waals surface area contributed by atoms with Crippen molar-refractivity contribution in [3.05, 3.63) is 17.0 Å². The Morgan fingerprint density at radius 3 is 2.74 bits per heavy atom. The SMILES string of the molecule is Cc1n[nH]c(C)c1CCC(=O)N1CCC(C(=O)O)C1. The number of hydrogen-bond acceptors (Lipinski definition) is 3. The molecule has 0 aromatic carbocycles. The molecule has 1 aliphatic heterocycles. The summed E-state index contributed by atoms with van der Waals surface area (Å²) >= 11 is 0. The fourth-order valence-electron chi connectivity index (χ4n) is 2.52. The molecule has 1 fully saturated rings. The van der Waals surface area contributed by atoms with Gasteiger partial charge in [-0.15, -0.1) is 0 Å². The molecule has 2 N–H and O–H groups in total. The average Bonchev–Trinajstić information content (AvgIpc) is 2.95. The normalized spacial score (nSPS) is 18.8. The highest BCUT2D eigenvalue weighted by Crippen LogP contribution is 2.18. The molecule has 0 aliphatic carbocycles. The van der Waals surface area contributed by atoms with Crippen LogP contribution in [0, 0.1) is 19.8 Å². The van der Waals surface area contributed by atoms with Gasteiger partial charge in [0.05, 0.1) is 11.6 Å². The van der Waals surface area contributed by atoms with E-state index < -0.39 is 11.9 Å². The number of amides is 1. The molecule has 6 heteroatoms. The van der Waals surface area contributed by atoms with Gasteiger partial charge in [-0.2, -0.15) is 5.10 Å². The van der Waals surface area contributed by atoms with Gasteiger partial charge in [0.25, 0.3) is 0 Å².